The average molecular weight is 469 g/mol. The fourth-order valence-electron chi connectivity index (χ4n) is 2.01. The van der Waals surface area contributed by atoms with E-state index in [9.17, 15) is 19.2 Å². The van der Waals surface area contributed by atoms with Crippen molar-refractivity contribution in [1.82, 2.24) is 15.2 Å². The number of carbonyl (C=O) groups is 4. The van der Waals surface area contributed by atoms with Crippen molar-refractivity contribution in [2.45, 2.75) is 0 Å². The Hall–Kier alpha value is -2.69. The average Bonchev–Trinajstić information content (AvgIpc) is 3.04. The SMILES string of the molecule is Cn1cccc1C(=O)NC(=O)COC(=O)CNC(=O)c1ccccc1I. The molecule has 0 aliphatic heterocycles. The maximum absolute atomic E-state index is 12.0. The lowest BCUT2D eigenvalue weighted by Gasteiger charge is -2.08. The molecule has 0 saturated heterocycles. The molecule has 0 saturated carbocycles. The van der Waals surface area contributed by atoms with Crippen LogP contribution in [0.2, 0.25) is 0 Å². The number of halogens is 1. The Morgan fingerprint density at radius 2 is 1.81 bits per heavy atom. The molecule has 26 heavy (non-hydrogen) atoms. The second-order valence-electron chi connectivity index (χ2n) is 5.20. The van der Waals surface area contributed by atoms with Gasteiger partial charge in [0.25, 0.3) is 17.7 Å². The van der Waals surface area contributed by atoms with Crippen LogP contribution in [0.3, 0.4) is 0 Å². The van der Waals surface area contributed by atoms with E-state index in [0.717, 1.165) is 3.57 Å². The van der Waals surface area contributed by atoms with Crippen LogP contribution in [-0.4, -0.2) is 41.4 Å². The number of carbonyl (C=O) groups excluding carboxylic acids is 4. The van der Waals surface area contributed by atoms with Crippen LogP contribution in [0.4, 0.5) is 0 Å². The normalized spacial score (nSPS) is 10.1. The smallest absolute Gasteiger partial charge is 0.325 e. The van der Waals surface area contributed by atoms with Gasteiger partial charge < -0.3 is 14.6 Å². The van der Waals surface area contributed by atoms with E-state index in [2.05, 4.69) is 10.6 Å². The quantitative estimate of drug-likeness (QED) is 0.483. The zero-order valence-corrected chi connectivity index (χ0v) is 16.0. The van der Waals surface area contributed by atoms with Crippen molar-refractivity contribution in [3.05, 3.63) is 57.4 Å². The lowest BCUT2D eigenvalue weighted by Crippen LogP contribution is -2.37. The zero-order chi connectivity index (χ0) is 19.1. The lowest BCUT2D eigenvalue weighted by molar-refractivity contribution is -0.147. The molecule has 2 aromatic rings. The van der Waals surface area contributed by atoms with Crippen molar-refractivity contribution in [1.29, 1.82) is 0 Å². The number of benzene rings is 1. The molecule has 0 radical (unpaired) electrons. The topological polar surface area (TPSA) is 106 Å². The summed E-state index contributed by atoms with van der Waals surface area (Å²) in [5.74, 6) is -2.56. The molecule has 0 unspecified atom stereocenters. The van der Waals surface area contributed by atoms with Crippen molar-refractivity contribution in [2.24, 2.45) is 7.05 Å². The summed E-state index contributed by atoms with van der Waals surface area (Å²) in [6.07, 6.45) is 1.66. The van der Waals surface area contributed by atoms with Crippen LogP contribution in [0.15, 0.2) is 42.6 Å². The molecule has 1 heterocycles. The van der Waals surface area contributed by atoms with Crippen LogP contribution in [0.1, 0.15) is 20.8 Å². The third-order valence-electron chi connectivity index (χ3n) is 3.31. The molecule has 0 spiro atoms. The summed E-state index contributed by atoms with van der Waals surface area (Å²) in [6, 6.07) is 10.1. The Bertz CT molecular complexity index is 846. The standard InChI is InChI=1S/C17H16IN3O5/c1-21-8-4-7-13(21)17(25)20-14(22)10-26-15(23)9-19-16(24)11-5-2-3-6-12(11)18/h2-8H,9-10H2,1H3,(H,19,24)(H,20,22,25). The molecule has 2 N–H and O–H groups in total. The first-order chi connectivity index (χ1) is 12.4. The number of hydrogen-bond donors (Lipinski definition) is 2. The number of amides is 3. The number of hydrogen-bond acceptors (Lipinski definition) is 5. The van der Waals surface area contributed by atoms with Gasteiger partial charge in [-0.2, -0.15) is 0 Å². The van der Waals surface area contributed by atoms with Gasteiger partial charge in [-0.3, -0.25) is 24.5 Å². The van der Waals surface area contributed by atoms with Crippen molar-refractivity contribution in [3.63, 3.8) is 0 Å². The summed E-state index contributed by atoms with van der Waals surface area (Å²) in [5.41, 5.74) is 0.737. The van der Waals surface area contributed by atoms with Gasteiger partial charge >= 0.3 is 5.97 Å². The highest BCUT2D eigenvalue weighted by Crippen LogP contribution is 2.10. The third kappa shape index (κ3) is 5.41. The minimum Gasteiger partial charge on any atom is -0.454 e. The summed E-state index contributed by atoms with van der Waals surface area (Å²) in [6.45, 7) is -1.00. The minimum absolute atomic E-state index is 0.300. The van der Waals surface area contributed by atoms with E-state index >= 15 is 0 Å². The summed E-state index contributed by atoms with van der Waals surface area (Å²) < 4.78 is 7.04. The summed E-state index contributed by atoms with van der Waals surface area (Å²) >= 11 is 2.01. The van der Waals surface area contributed by atoms with Gasteiger partial charge in [-0.1, -0.05) is 12.1 Å². The zero-order valence-electron chi connectivity index (χ0n) is 13.8. The van der Waals surface area contributed by atoms with E-state index in [1.165, 1.54) is 0 Å². The van der Waals surface area contributed by atoms with Crippen molar-refractivity contribution in [3.8, 4) is 0 Å². The molecule has 3 amide bonds. The van der Waals surface area contributed by atoms with E-state index in [1.807, 2.05) is 22.6 Å². The first kappa shape index (κ1) is 19.6. The van der Waals surface area contributed by atoms with E-state index in [-0.39, 0.29) is 6.54 Å². The molecule has 1 aromatic carbocycles. The third-order valence-corrected chi connectivity index (χ3v) is 4.25. The van der Waals surface area contributed by atoms with E-state index < -0.39 is 30.3 Å². The molecule has 2 rings (SSSR count). The first-order valence-corrected chi connectivity index (χ1v) is 8.60. The molecule has 1 aromatic heterocycles. The highest BCUT2D eigenvalue weighted by atomic mass is 127. The molecule has 0 aliphatic carbocycles. The second kappa shape index (κ2) is 9.13. The second-order valence-corrected chi connectivity index (χ2v) is 6.37. The fourth-order valence-corrected chi connectivity index (χ4v) is 2.65. The summed E-state index contributed by atoms with van der Waals surface area (Å²) in [7, 11) is 1.66. The lowest BCUT2D eigenvalue weighted by atomic mass is 10.2. The van der Waals surface area contributed by atoms with Gasteiger partial charge in [0, 0.05) is 16.8 Å². The van der Waals surface area contributed by atoms with Crippen LogP contribution in [-0.2, 0) is 21.4 Å². The van der Waals surface area contributed by atoms with Crippen molar-refractivity contribution in [2.75, 3.05) is 13.2 Å². The number of ether oxygens (including phenoxy) is 1. The molecule has 0 atom stereocenters. The van der Waals surface area contributed by atoms with E-state index in [0.29, 0.717) is 11.3 Å². The number of rotatable bonds is 6. The number of esters is 1. The van der Waals surface area contributed by atoms with Crippen molar-refractivity contribution < 1.29 is 23.9 Å². The van der Waals surface area contributed by atoms with E-state index in [4.69, 9.17) is 4.74 Å². The molecule has 8 nitrogen and oxygen atoms in total. The highest BCUT2D eigenvalue weighted by molar-refractivity contribution is 14.1. The van der Waals surface area contributed by atoms with Gasteiger partial charge in [0.2, 0.25) is 0 Å². The molecular weight excluding hydrogens is 453 g/mol. The number of nitrogens with one attached hydrogen (secondary N) is 2. The van der Waals surface area contributed by atoms with Crippen LogP contribution < -0.4 is 10.6 Å². The van der Waals surface area contributed by atoms with Crippen molar-refractivity contribution >= 4 is 46.3 Å². The first-order valence-electron chi connectivity index (χ1n) is 7.52. The number of aromatic nitrogens is 1. The Kier molecular flexibility index (Phi) is 6.89. The largest absolute Gasteiger partial charge is 0.454 e. The monoisotopic (exact) mass is 469 g/mol. The summed E-state index contributed by atoms with van der Waals surface area (Å²) in [5, 5.41) is 4.53. The van der Waals surface area contributed by atoms with Crippen LogP contribution in [0.5, 0.6) is 0 Å². The Labute approximate surface area is 163 Å². The van der Waals surface area contributed by atoms with Crippen LogP contribution >= 0.6 is 22.6 Å². The number of nitrogens with zero attached hydrogens (tertiary/aromatic N) is 1. The van der Waals surface area contributed by atoms with Gasteiger partial charge in [0.05, 0.1) is 5.56 Å². The minimum atomic E-state index is -0.786. The number of aryl methyl sites for hydroxylation is 1. The van der Waals surface area contributed by atoms with Crippen LogP contribution in [0.25, 0.3) is 0 Å². The molecule has 0 aliphatic rings. The Morgan fingerprint density at radius 1 is 1.08 bits per heavy atom. The van der Waals surface area contributed by atoms with Gasteiger partial charge in [0.15, 0.2) is 6.61 Å². The molecule has 136 valence electrons. The Morgan fingerprint density at radius 3 is 2.46 bits per heavy atom. The van der Waals surface area contributed by atoms with Gasteiger partial charge in [-0.15, -0.1) is 0 Å². The fraction of sp³-hybridized carbons (Fsp3) is 0.176. The van der Waals surface area contributed by atoms with E-state index in [1.54, 1.807) is 54.2 Å². The van der Waals surface area contributed by atoms with Gasteiger partial charge in [-0.25, -0.2) is 0 Å². The molecule has 0 fully saturated rings. The maximum Gasteiger partial charge on any atom is 0.325 e. The van der Waals surface area contributed by atoms with Gasteiger partial charge in [0.1, 0.15) is 12.2 Å². The maximum atomic E-state index is 12.0. The predicted octanol–water partition coefficient (Wildman–Crippen LogP) is 0.859. The highest BCUT2D eigenvalue weighted by Gasteiger charge is 2.15. The Balaban J connectivity index is 1.74. The molecular formula is C17H16IN3O5. The van der Waals surface area contributed by atoms with Crippen LogP contribution in [0, 0.1) is 3.57 Å². The van der Waals surface area contributed by atoms with Gasteiger partial charge in [-0.05, 0) is 46.9 Å². The predicted molar refractivity (Wildman–Crippen MR) is 100 cm³/mol. The number of imide groups is 1. The molecule has 9 heteroatoms. The summed E-state index contributed by atoms with van der Waals surface area (Å²) in [4.78, 5) is 47.1. The molecule has 0 bridgehead atoms.